The monoisotopic (exact) mass is 269 g/mol. The van der Waals surface area contributed by atoms with Crippen molar-refractivity contribution < 1.29 is 0 Å². The second-order valence-electron chi connectivity index (χ2n) is 5.78. The van der Waals surface area contributed by atoms with E-state index in [1.54, 1.807) is 0 Å². The summed E-state index contributed by atoms with van der Waals surface area (Å²) >= 11 is 0. The third kappa shape index (κ3) is 2.27. The maximum atomic E-state index is 5.78. The summed E-state index contributed by atoms with van der Waals surface area (Å²) < 4.78 is 0. The molecular formula is C17H23N3. The Balaban J connectivity index is 2.18. The summed E-state index contributed by atoms with van der Waals surface area (Å²) in [6.45, 7) is 7.25. The van der Waals surface area contributed by atoms with E-state index < -0.39 is 0 Å². The van der Waals surface area contributed by atoms with Gasteiger partial charge in [0.15, 0.2) is 0 Å². The van der Waals surface area contributed by atoms with Gasteiger partial charge >= 0.3 is 0 Å². The van der Waals surface area contributed by atoms with Gasteiger partial charge in [-0.15, -0.1) is 0 Å². The average Bonchev–Trinajstić information content (AvgIpc) is 2.97. The van der Waals surface area contributed by atoms with Gasteiger partial charge in [-0.1, -0.05) is 12.1 Å². The van der Waals surface area contributed by atoms with E-state index in [0.717, 1.165) is 30.8 Å². The van der Waals surface area contributed by atoms with Crippen molar-refractivity contribution in [2.75, 3.05) is 24.5 Å². The lowest BCUT2D eigenvalue weighted by Gasteiger charge is -2.21. The standard InChI is InChI=1S/C17H23N3/c1-12-5-6-14-11-15(7-8-18)17(19-16(14)13(12)2)20-9-3-4-10-20/h5-6,11H,3-4,7-10,18H2,1-2H3. The molecule has 2 aromatic rings. The van der Waals surface area contributed by atoms with E-state index in [-0.39, 0.29) is 0 Å². The summed E-state index contributed by atoms with van der Waals surface area (Å²) in [7, 11) is 0. The summed E-state index contributed by atoms with van der Waals surface area (Å²) in [5, 5.41) is 1.24. The molecule has 2 N–H and O–H groups in total. The minimum atomic E-state index is 0.679. The number of nitrogens with zero attached hydrogens (tertiary/aromatic N) is 2. The number of hydrogen-bond donors (Lipinski definition) is 1. The van der Waals surface area contributed by atoms with E-state index in [4.69, 9.17) is 10.7 Å². The summed E-state index contributed by atoms with van der Waals surface area (Å²) in [5.74, 6) is 1.16. The summed E-state index contributed by atoms with van der Waals surface area (Å²) in [6, 6.07) is 6.65. The van der Waals surface area contributed by atoms with E-state index >= 15 is 0 Å². The Morgan fingerprint density at radius 1 is 1.20 bits per heavy atom. The molecular weight excluding hydrogens is 246 g/mol. The minimum absolute atomic E-state index is 0.679. The fourth-order valence-corrected chi connectivity index (χ4v) is 3.06. The number of rotatable bonds is 3. The smallest absolute Gasteiger partial charge is 0.132 e. The normalized spacial score (nSPS) is 15.2. The molecule has 0 radical (unpaired) electrons. The van der Waals surface area contributed by atoms with Crippen LogP contribution in [-0.2, 0) is 6.42 Å². The van der Waals surface area contributed by atoms with Crippen LogP contribution in [0.1, 0.15) is 29.5 Å². The SMILES string of the molecule is Cc1ccc2cc(CCN)c(N3CCCC3)nc2c1C. The molecule has 0 saturated carbocycles. The van der Waals surface area contributed by atoms with Crippen molar-refractivity contribution in [1.29, 1.82) is 0 Å². The van der Waals surface area contributed by atoms with Crippen LogP contribution in [0.25, 0.3) is 10.9 Å². The summed E-state index contributed by atoms with van der Waals surface area (Å²) in [6.07, 6.45) is 3.45. The molecule has 3 rings (SSSR count). The van der Waals surface area contributed by atoms with Gasteiger partial charge in [-0.3, -0.25) is 0 Å². The second kappa shape index (κ2) is 5.41. The molecule has 20 heavy (non-hydrogen) atoms. The zero-order valence-electron chi connectivity index (χ0n) is 12.4. The maximum absolute atomic E-state index is 5.78. The lowest BCUT2D eigenvalue weighted by Crippen LogP contribution is -2.21. The molecule has 0 aliphatic carbocycles. The Hall–Kier alpha value is -1.61. The first-order valence-electron chi connectivity index (χ1n) is 7.55. The average molecular weight is 269 g/mol. The van der Waals surface area contributed by atoms with Crippen LogP contribution in [-0.4, -0.2) is 24.6 Å². The Labute approximate surface area is 120 Å². The number of pyridine rings is 1. The predicted molar refractivity (Wildman–Crippen MR) is 85.4 cm³/mol. The Kier molecular flexibility index (Phi) is 3.62. The molecule has 1 fully saturated rings. The zero-order chi connectivity index (χ0) is 14.1. The van der Waals surface area contributed by atoms with Gasteiger partial charge in [0.2, 0.25) is 0 Å². The highest BCUT2D eigenvalue weighted by Gasteiger charge is 2.18. The van der Waals surface area contributed by atoms with Gasteiger partial charge in [0.25, 0.3) is 0 Å². The molecule has 2 heterocycles. The third-order valence-corrected chi connectivity index (χ3v) is 4.39. The number of hydrogen-bond acceptors (Lipinski definition) is 3. The molecule has 106 valence electrons. The van der Waals surface area contributed by atoms with Gasteiger partial charge in [-0.2, -0.15) is 0 Å². The second-order valence-corrected chi connectivity index (χ2v) is 5.78. The van der Waals surface area contributed by atoms with E-state index in [1.807, 2.05) is 0 Å². The first-order chi connectivity index (χ1) is 9.70. The highest BCUT2D eigenvalue weighted by Crippen LogP contribution is 2.29. The van der Waals surface area contributed by atoms with Crippen molar-refractivity contribution in [3.05, 3.63) is 34.9 Å². The van der Waals surface area contributed by atoms with Crippen LogP contribution in [0.2, 0.25) is 0 Å². The number of aryl methyl sites for hydroxylation is 2. The summed E-state index contributed by atoms with van der Waals surface area (Å²) in [5.41, 5.74) is 10.8. The molecule has 0 bridgehead atoms. The quantitative estimate of drug-likeness (QED) is 0.931. The van der Waals surface area contributed by atoms with Gasteiger partial charge < -0.3 is 10.6 Å². The molecule has 0 atom stereocenters. The Bertz CT molecular complexity index is 628. The molecule has 0 unspecified atom stereocenters. The molecule has 0 spiro atoms. The van der Waals surface area contributed by atoms with Crippen LogP contribution < -0.4 is 10.6 Å². The molecule has 3 heteroatoms. The van der Waals surface area contributed by atoms with Crippen LogP contribution in [0, 0.1) is 13.8 Å². The van der Waals surface area contributed by atoms with Crippen molar-refractivity contribution in [3.63, 3.8) is 0 Å². The van der Waals surface area contributed by atoms with Crippen LogP contribution in [0.15, 0.2) is 18.2 Å². The lowest BCUT2D eigenvalue weighted by atomic mass is 10.0. The van der Waals surface area contributed by atoms with E-state index in [1.165, 1.54) is 34.9 Å². The highest BCUT2D eigenvalue weighted by molar-refractivity contribution is 5.85. The van der Waals surface area contributed by atoms with Crippen molar-refractivity contribution in [2.45, 2.75) is 33.1 Å². The molecule has 1 saturated heterocycles. The fraction of sp³-hybridized carbons (Fsp3) is 0.471. The van der Waals surface area contributed by atoms with E-state index in [2.05, 4.69) is 36.9 Å². The first-order valence-corrected chi connectivity index (χ1v) is 7.55. The van der Waals surface area contributed by atoms with Gasteiger partial charge in [0.1, 0.15) is 5.82 Å². The first kappa shape index (κ1) is 13.4. The third-order valence-electron chi connectivity index (χ3n) is 4.39. The topological polar surface area (TPSA) is 42.1 Å². The molecule has 1 aromatic heterocycles. The van der Waals surface area contributed by atoms with Crippen molar-refractivity contribution in [3.8, 4) is 0 Å². The highest BCUT2D eigenvalue weighted by atomic mass is 15.2. The zero-order valence-corrected chi connectivity index (χ0v) is 12.4. The Morgan fingerprint density at radius 3 is 2.65 bits per heavy atom. The molecule has 1 aliphatic heterocycles. The van der Waals surface area contributed by atoms with Gasteiger partial charge in [-0.25, -0.2) is 4.98 Å². The number of fused-ring (bicyclic) bond motifs is 1. The predicted octanol–water partition coefficient (Wildman–Crippen LogP) is 2.95. The molecule has 0 amide bonds. The van der Waals surface area contributed by atoms with Crippen LogP contribution in [0.4, 0.5) is 5.82 Å². The number of nitrogens with two attached hydrogens (primary N) is 1. The Morgan fingerprint density at radius 2 is 1.95 bits per heavy atom. The van der Waals surface area contributed by atoms with Gasteiger partial charge in [0.05, 0.1) is 5.52 Å². The van der Waals surface area contributed by atoms with Crippen molar-refractivity contribution in [1.82, 2.24) is 4.98 Å². The van der Waals surface area contributed by atoms with Crippen molar-refractivity contribution >= 4 is 16.7 Å². The van der Waals surface area contributed by atoms with Gasteiger partial charge in [0, 0.05) is 18.5 Å². The van der Waals surface area contributed by atoms with E-state index in [9.17, 15) is 0 Å². The van der Waals surface area contributed by atoms with Crippen LogP contribution >= 0.6 is 0 Å². The fourth-order valence-electron chi connectivity index (χ4n) is 3.06. The molecule has 3 nitrogen and oxygen atoms in total. The van der Waals surface area contributed by atoms with Crippen LogP contribution in [0.3, 0.4) is 0 Å². The molecule has 1 aliphatic rings. The van der Waals surface area contributed by atoms with Crippen LogP contribution in [0.5, 0.6) is 0 Å². The minimum Gasteiger partial charge on any atom is -0.356 e. The number of anilines is 1. The van der Waals surface area contributed by atoms with Gasteiger partial charge in [-0.05, 0) is 62.4 Å². The maximum Gasteiger partial charge on any atom is 0.132 e. The number of aromatic nitrogens is 1. The van der Waals surface area contributed by atoms with Crippen molar-refractivity contribution in [2.24, 2.45) is 5.73 Å². The largest absolute Gasteiger partial charge is 0.356 e. The molecule has 1 aromatic carbocycles. The lowest BCUT2D eigenvalue weighted by molar-refractivity contribution is 0.897. The summed E-state index contributed by atoms with van der Waals surface area (Å²) in [4.78, 5) is 7.43. The van der Waals surface area contributed by atoms with E-state index in [0.29, 0.717) is 6.54 Å². The number of benzene rings is 1.